The van der Waals surface area contributed by atoms with Gasteiger partial charge >= 0.3 is 0 Å². The zero-order valence-electron chi connectivity index (χ0n) is 4.73. The lowest BCUT2D eigenvalue weighted by Gasteiger charge is -2.16. The molecule has 0 aromatic carbocycles. The van der Waals surface area contributed by atoms with Gasteiger partial charge in [-0.1, -0.05) is 23.2 Å². The molecule has 10 heavy (non-hydrogen) atoms. The Labute approximate surface area is 67.0 Å². The Morgan fingerprint density at radius 1 is 1.40 bits per heavy atom. The number of hydrogen-bond acceptors (Lipinski definition) is 2. The van der Waals surface area contributed by atoms with Crippen LogP contribution in [0.15, 0.2) is 12.2 Å². The Kier molecular flexibility index (Phi) is 1.70. The van der Waals surface area contributed by atoms with Crippen molar-refractivity contribution >= 4 is 35.0 Å². The van der Waals surface area contributed by atoms with Gasteiger partial charge in [0, 0.05) is 6.08 Å². The quantitative estimate of drug-likeness (QED) is 0.432. The first kappa shape index (κ1) is 7.57. The van der Waals surface area contributed by atoms with Gasteiger partial charge in [0.1, 0.15) is 0 Å². The molecular formula is C5H3Cl2NO2. The van der Waals surface area contributed by atoms with E-state index in [0.29, 0.717) is 0 Å². The van der Waals surface area contributed by atoms with Gasteiger partial charge in [0.15, 0.2) is 0 Å². The number of halogens is 2. The molecule has 0 saturated carbocycles. The summed E-state index contributed by atoms with van der Waals surface area (Å²) in [5.74, 6) is -1.20. The lowest BCUT2D eigenvalue weighted by atomic mass is 10.2. The number of nitrogens with one attached hydrogen (secondary N) is 1. The molecule has 0 atom stereocenters. The molecule has 54 valence electrons. The van der Waals surface area contributed by atoms with Crippen molar-refractivity contribution in [3.63, 3.8) is 0 Å². The van der Waals surface area contributed by atoms with Gasteiger partial charge in [-0.2, -0.15) is 0 Å². The van der Waals surface area contributed by atoms with E-state index >= 15 is 0 Å². The van der Waals surface area contributed by atoms with Crippen molar-refractivity contribution in [2.45, 2.75) is 4.33 Å². The maximum Gasteiger partial charge on any atom is 0.267 e. The third-order valence-corrected chi connectivity index (χ3v) is 1.58. The number of rotatable bonds is 0. The number of imide groups is 1. The SMILES string of the molecule is O=C1C=CC(Cl)(Cl)C(=O)N1. The number of carbonyl (C=O) groups excluding carboxylic acids is 2. The van der Waals surface area contributed by atoms with Crippen molar-refractivity contribution in [2.75, 3.05) is 0 Å². The summed E-state index contributed by atoms with van der Waals surface area (Å²) in [5.41, 5.74) is 0. The predicted molar refractivity (Wildman–Crippen MR) is 36.7 cm³/mol. The maximum atomic E-state index is 10.7. The highest BCUT2D eigenvalue weighted by molar-refractivity contribution is 6.60. The van der Waals surface area contributed by atoms with Crippen molar-refractivity contribution in [1.29, 1.82) is 0 Å². The van der Waals surface area contributed by atoms with Crippen molar-refractivity contribution in [3.8, 4) is 0 Å². The van der Waals surface area contributed by atoms with E-state index in [9.17, 15) is 9.59 Å². The fourth-order valence-electron chi connectivity index (χ4n) is 0.493. The molecule has 0 saturated heterocycles. The molecular weight excluding hydrogens is 177 g/mol. The molecule has 3 nitrogen and oxygen atoms in total. The highest BCUT2D eigenvalue weighted by atomic mass is 35.5. The smallest absolute Gasteiger partial charge is 0.267 e. The molecule has 1 N–H and O–H groups in total. The standard InChI is InChI=1S/C5H3Cl2NO2/c6-5(7)2-1-3(9)8-4(5)10/h1-2H,(H,8,9,10). The number of carbonyl (C=O) groups is 2. The number of amides is 2. The average molecular weight is 180 g/mol. The van der Waals surface area contributed by atoms with Gasteiger partial charge in [-0.25, -0.2) is 0 Å². The van der Waals surface area contributed by atoms with Crippen LogP contribution in [0.2, 0.25) is 0 Å². The van der Waals surface area contributed by atoms with E-state index in [-0.39, 0.29) is 0 Å². The molecule has 0 bridgehead atoms. The second-order valence-corrected chi connectivity index (χ2v) is 3.16. The van der Waals surface area contributed by atoms with Gasteiger partial charge in [0.2, 0.25) is 10.2 Å². The maximum absolute atomic E-state index is 10.7. The highest BCUT2D eigenvalue weighted by Gasteiger charge is 2.34. The predicted octanol–water partition coefficient (Wildman–Crippen LogP) is 0.373. The van der Waals surface area contributed by atoms with Crippen LogP contribution in [-0.2, 0) is 9.59 Å². The molecule has 0 spiro atoms. The third-order valence-electron chi connectivity index (χ3n) is 0.983. The first-order valence-electron chi connectivity index (χ1n) is 2.45. The molecule has 0 radical (unpaired) electrons. The van der Waals surface area contributed by atoms with E-state index in [1.54, 1.807) is 0 Å². The largest absolute Gasteiger partial charge is 0.290 e. The van der Waals surface area contributed by atoms with Crippen LogP contribution >= 0.6 is 23.2 Å². The minimum atomic E-state index is -1.59. The summed E-state index contributed by atoms with van der Waals surface area (Å²) in [6.45, 7) is 0. The summed E-state index contributed by atoms with van der Waals surface area (Å²) in [6.07, 6.45) is 2.25. The Bertz CT molecular complexity index is 222. The van der Waals surface area contributed by atoms with Crippen LogP contribution in [0.4, 0.5) is 0 Å². The minimum absolute atomic E-state index is 0.498. The van der Waals surface area contributed by atoms with Gasteiger partial charge < -0.3 is 0 Å². The van der Waals surface area contributed by atoms with Gasteiger partial charge in [-0.05, 0) is 6.08 Å². The molecule has 1 aliphatic rings. The second kappa shape index (κ2) is 2.25. The Hall–Kier alpha value is -0.540. The van der Waals surface area contributed by atoms with E-state index in [1.807, 2.05) is 5.32 Å². The van der Waals surface area contributed by atoms with Crippen LogP contribution in [0.3, 0.4) is 0 Å². The molecule has 1 rings (SSSR count). The Morgan fingerprint density at radius 3 is 2.40 bits per heavy atom. The van der Waals surface area contributed by atoms with Crippen molar-refractivity contribution in [2.24, 2.45) is 0 Å². The molecule has 0 fully saturated rings. The lowest BCUT2D eigenvalue weighted by molar-refractivity contribution is -0.128. The fourth-order valence-corrected chi connectivity index (χ4v) is 0.713. The van der Waals surface area contributed by atoms with Gasteiger partial charge in [-0.3, -0.25) is 14.9 Å². The topological polar surface area (TPSA) is 46.2 Å². The zero-order chi connectivity index (χ0) is 7.78. The Morgan fingerprint density at radius 2 is 2.00 bits per heavy atom. The molecule has 0 aromatic rings. The number of hydrogen-bond donors (Lipinski definition) is 1. The second-order valence-electron chi connectivity index (χ2n) is 1.77. The first-order valence-corrected chi connectivity index (χ1v) is 3.20. The minimum Gasteiger partial charge on any atom is -0.290 e. The molecule has 0 unspecified atom stereocenters. The van der Waals surface area contributed by atoms with Crippen LogP contribution in [0.5, 0.6) is 0 Å². The molecule has 1 aliphatic heterocycles. The zero-order valence-corrected chi connectivity index (χ0v) is 6.24. The molecule has 1 heterocycles. The first-order chi connectivity index (χ1) is 4.52. The summed E-state index contributed by atoms with van der Waals surface area (Å²) < 4.78 is -1.59. The van der Waals surface area contributed by atoms with E-state index in [4.69, 9.17) is 23.2 Å². The lowest BCUT2D eigenvalue weighted by Crippen LogP contribution is -2.43. The van der Waals surface area contributed by atoms with Gasteiger partial charge in [-0.15, -0.1) is 0 Å². The molecule has 2 amide bonds. The van der Waals surface area contributed by atoms with Gasteiger partial charge in [0.25, 0.3) is 5.91 Å². The van der Waals surface area contributed by atoms with Crippen molar-refractivity contribution in [1.82, 2.24) is 5.32 Å². The van der Waals surface area contributed by atoms with E-state index in [0.717, 1.165) is 12.2 Å². The van der Waals surface area contributed by atoms with E-state index < -0.39 is 16.1 Å². The van der Waals surface area contributed by atoms with Crippen LogP contribution in [0.1, 0.15) is 0 Å². The van der Waals surface area contributed by atoms with Crippen LogP contribution in [-0.4, -0.2) is 16.1 Å². The van der Waals surface area contributed by atoms with Crippen LogP contribution in [0, 0.1) is 0 Å². The summed E-state index contributed by atoms with van der Waals surface area (Å²) in [4.78, 5) is 21.1. The van der Waals surface area contributed by atoms with Gasteiger partial charge in [0.05, 0.1) is 0 Å². The molecule has 0 aromatic heterocycles. The number of alkyl halides is 2. The molecule has 5 heteroatoms. The van der Waals surface area contributed by atoms with Crippen molar-refractivity contribution < 1.29 is 9.59 Å². The van der Waals surface area contributed by atoms with E-state index in [1.165, 1.54) is 0 Å². The average Bonchev–Trinajstić information content (AvgIpc) is 1.81. The van der Waals surface area contributed by atoms with Crippen molar-refractivity contribution in [3.05, 3.63) is 12.2 Å². The monoisotopic (exact) mass is 179 g/mol. The normalized spacial score (nSPS) is 22.6. The summed E-state index contributed by atoms with van der Waals surface area (Å²) in [6, 6.07) is 0. The highest BCUT2D eigenvalue weighted by Crippen LogP contribution is 2.24. The summed E-state index contributed by atoms with van der Waals surface area (Å²) in [7, 11) is 0. The molecule has 0 aliphatic carbocycles. The van der Waals surface area contributed by atoms with E-state index in [2.05, 4.69) is 0 Å². The summed E-state index contributed by atoms with van der Waals surface area (Å²) >= 11 is 10.8. The van der Waals surface area contributed by atoms with Crippen LogP contribution in [0.25, 0.3) is 0 Å². The third kappa shape index (κ3) is 1.30. The Balaban J connectivity index is 2.93. The summed E-state index contributed by atoms with van der Waals surface area (Å²) in [5, 5.41) is 1.94. The fraction of sp³-hybridized carbons (Fsp3) is 0.200. The van der Waals surface area contributed by atoms with Crippen LogP contribution < -0.4 is 5.32 Å².